The van der Waals surface area contributed by atoms with Crippen LogP contribution in [0.5, 0.6) is 0 Å². The number of urea groups is 1. The van der Waals surface area contributed by atoms with Crippen molar-refractivity contribution in [2.24, 2.45) is 0 Å². The van der Waals surface area contributed by atoms with Gasteiger partial charge in [0.15, 0.2) is 0 Å². The van der Waals surface area contributed by atoms with Crippen molar-refractivity contribution in [2.75, 3.05) is 18.4 Å². The Morgan fingerprint density at radius 3 is 2.40 bits per heavy atom. The molecule has 1 aliphatic rings. The van der Waals surface area contributed by atoms with Crippen molar-refractivity contribution < 1.29 is 22.1 Å². The van der Waals surface area contributed by atoms with Gasteiger partial charge in [0.1, 0.15) is 6.54 Å². The first-order chi connectivity index (χ1) is 14.1. The van der Waals surface area contributed by atoms with Gasteiger partial charge in [0.2, 0.25) is 0 Å². The van der Waals surface area contributed by atoms with E-state index in [2.05, 4.69) is 16.7 Å². The van der Waals surface area contributed by atoms with Crippen LogP contribution in [0.2, 0.25) is 10.0 Å². The molecule has 158 valence electrons. The molecule has 1 saturated heterocycles. The first-order valence-corrected chi connectivity index (χ1v) is 10.7. The second-order valence-corrected chi connectivity index (χ2v) is 8.42. The molecule has 0 aliphatic carbocycles. The van der Waals surface area contributed by atoms with E-state index in [1.54, 1.807) is 0 Å². The average molecular weight is 465 g/mol. The zero-order chi connectivity index (χ0) is 20.2. The third kappa shape index (κ3) is 5.79. The van der Waals surface area contributed by atoms with Crippen LogP contribution >= 0.6 is 23.2 Å². The van der Waals surface area contributed by atoms with Gasteiger partial charge in [-0.3, -0.25) is 0 Å². The highest BCUT2D eigenvalue weighted by Gasteiger charge is 2.23. The van der Waals surface area contributed by atoms with Gasteiger partial charge < -0.3 is 27.9 Å². The summed E-state index contributed by atoms with van der Waals surface area (Å²) in [5, 5.41) is 9.54. The fourth-order valence-corrected chi connectivity index (χ4v) is 4.23. The Morgan fingerprint density at radius 1 is 0.933 bits per heavy atom. The smallest absolute Gasteiger partial charge is 0.319 e. The summed E-state index contributed by atoms with van der Waals surface area (Å²) in [5.74, 6) is 0. The van der Waals surface area contributed by atoms with Crippen molar-refractivity contribution >= 4 is 45.7 Å². The Morgan fingerprint density at radius 2 is 1.67 bits per heavy atom. The quantitative estimate of drug-likeness (QED) is 0.539. The largest absolute Gasteiger partial charge is 1.00 e. The van der Waals surface area contributed by atoms with E-state index >= 15 is 0 Å². The number of hydrogen-bond acceptors (Lipinski definition) is 1. The first kappa shape index (κ1) is 22.7. The van der Waals surface area contributed by atoms with E-state index in [9.17, 15) is 4.79 Å². The predicted octanol–water partition coefficient (Wildman–Crippen LogP) is 1.52. The van der Waals surface area contributed by atoms with Gasteiger partial charge in [0.25, 0.3) is 0 Å². The maximum Gasteiger partial charge on any atom is 0.319 e. The number of likely N-dealkylation sites (tertiary alicyclic amines) is 1. The predicted molar refractivity (Wildman–Crippen MR) is 120 cm³/mol. The van der Waals surface area contributed by atoms with Crippen LogP contribution in [0.15, 0.2) is 60.7 Å². The Labute approximate surface area is 192 Å². The number of carbonyl (C=O) groups is 1. The number of hydrogen-bond donors (Lipinski definition) is 3. The molecule has 4 nitrogen and oxygen atoms in total. The number of fused-ring (bicyclic) bond motifs is 1. The zero-order valence-electron chi connectivity index (χ0n) is 16.4. The number of halogens is 3. The molecule has 0 saturated carbocycles. The van der Waals surface area contributed by atoms with Crippen molar-refractivity contribution in [3.8, 4) is 0 Å². The fourth-order valence-electron chi connectivity index (χ4n) is 3.91. The lowest BCUT2D eigenvalue weighted by atomic mass is 10.0. The van der Waals surface area contributed by atoms with Crippen LogP contribution in [0.1, 0.15) is 18.4 Å². The monoisotopic (exact) mass is 463 g/mol. The second-order valence-electron chi connectivity index (χ2n) is 7.61. The van der Waals surface area contributed by atoms with Gasteiger partial charge in [-0.1, -0.05) is 59.6 Å². The van der Waals surface area contributed by atoms with Crippen LogP contribution in [-0.4, -0.2) is 25.2 Å². The van der Waals surface area contributed by atoms with Gasteiger partial charge in [-0.25, -0.2) is 4.79 Å². The number of carbonyl (C=O) groups excluding carboxylic acids is 1. The van der Waals surface area contributed by atoms with Crippen molar-refractivity contribution in [2.45, 2.75) is 25.4 Å². The lowest BCUT2D eigenvalue weighted by Gasteiger charge is -2.30. The molecule has 1 fully saturated rings. The number of nitrogens with one attached hydrogen (secondary N) is 3. The molecule has 3 N–H and O–H groups in total. The minimum absolute atomic E-state index is 0. The Hall–Kier alpha value is -1.98. The number of anilines is 1. The van der Waals surface area contributed by atoms with Crippen molar-refractivity contribution in [1.29, 1.82) is 0 Å². The lowest BCUT2D eigenvalue weighted by Crippen LogP contribution is -3.12. The van der Waals surface area contributed by atoms with Gasteiger partial charge in [0.05, 0.1) is 23.1 Å². The van der Waals surface area contributed by atoms with E-state index in [1.165, 1.54) is 10.5 Å². The van der Waals surface area contributed by atoms with Crippen LogP contribution in [0.4, 0.5) is 10.5 Å². The topological polar surface area (TPSA) is 45.6 Å². The summed E-state index contributed by atoms with van der Waals surface area (Å²) in [4.78, 5) is 13.9. The number of amides is 2. The summed E-state index contributed by atoms with van der Waals surface area (Å²) < 4.78 is 0. The number of quaternary nitrogens is 1. The molecule has 3 aromatic carbocycles. The molecular formula is C23H24Cl3N3O. The summed E-state index contributed by atoms with van der Waals surface area (Å²) >= 11 is 12.1. The molecule has 1 aliphatic heterocycles. The van der Waals surface area contributed by atoms with Crippen LogP contribution in [-0.2, 0) is 6.54 Å². The molecule has 0 spiro atoms. The molecule has 4 rings (SSSR count). The molecule has 7 heteroatoms. The minimum atomic E-state index is -0.141. The highest BCUT2D eigenvalue weighted by molar-refractivity contribution is 6.42. The maximum atomic E-state index is 12.4. The summed E-state index contributed by atoms with van der Waals surface area (Å²) in [5.41, 5.74) is 2.00. The number of benzene rings is 3. The SMILES string of the molecule is O=C(Nc1ccc2ccccc2c1)NC1CC[NH+](Cc2ccc(Cl)c(Cl)c2)CC1.[Cl-]. The van der Waals surface area contributed by atoms with Gasteiger partial charge >= 0.3 is 6.03 Å². The fraction of sp³-hybridized carbons (Fsp3) is 0.261. The average Bonchev–Trinajstić information content (AvgIpc) is 2.72. The molecule has 30 heavy (non-hydrogen) atoms. The maximum absolute atomic E-state index is 12.4. The molecule has 2 amide bonds. The zero-order valence-corrected chi connectivity index (χ0v) is 18.7. The Bertz CT molecular complexity index is 1020. The molecule has 0 atom stereocenters. The minimum Gasteiger partial charge on any atom is -1.00 e. The first-order valence-electron chi connectivity index (χ1n) is 9.90. The molecule has 0 aromatic heterocycles. The van der Waals surface area contributed by atoms with Crippen LogP contribution in [0.3, 0.4) is 0 Å². The molecule has 1 heterocycles. The standard InChI is InChI=1S/C23H23Cl2N3O.ClH/c24-21-8-5-16(13-22(21)25)15-28-11-9-19(10-12-28)26-23(29)27-20-7-6-17-3-1-2-4-18(17)14-20;/h1-8,13-14,19H,9-12,15H2,(H2,26,27,29);1H. The molecule has 0 bridgehead atoms. The van der Waals surface area contributed by atoms with Crippen LogP contribution < -0.4 is 27.9 Å². The van der Waals surface area contributed by atoms with Crippen molar-refractivity contribution in [3.05, 3.63) is 76.3 Å². The molecule has 0 unspecified atom stereocenters. The van der Waals surface area contributed by atoms with Gasteiger partial charge in [-0.05, 0) is 35.0 Å². The van der Waals surface area contributed by atoms with E-state index in [-0.39, 0.29) is 24.5 Å². The molecule has 3 aromatic rings. The van der Waals surface area contributed by atoms with E-state index in [0.717, 1.165) is 48.9 Å². The summed E-state index contributed by atoms with van der Waals surface area (Å²) in [6, 6.07) is 20.0. The Kier molecular flexibility index (Phi) is 7.84. The highest BCUT2D eigenvalue weighted by atomic mass is 35.5. The van der Waals surface area contributed by atoms with E-state index in [1.807, 2.05) is 54.6 Å². The van der Waals surface area contributed by atoms with Gasteiger partial charge in [0, 0.05) is 30.1 Å². The summed E-state index contributed by atoms with van der Waals surface area (Å²) in [6.45, 7) is 2.95. The Balaban J connectivity index is 0.00000256. The number of piperidine rings is 1. The third-order valence-electron chi connectivity index (χ3n) is 5.47. The summed E-state index contributed by atoms with van der Waals surface area (Å²) in [6.07, 6.45) is 1.92. The van der Waals surface area contributed by atoms with Crippen LogP contribution in [0, 0.1) is 0 Å². The lowest BCUT2D eigenvalue weighted by molar-refractivity contribution is -0.918. The van der Waals surface area contributed by atoms with Crippen molar-refractivity contribution in [3.63, 3.8) is 0 Å². The van der Waals surface area contributed by atoms with Gasteiger partial charge in [-0.15, -0.1) is 0 Å². The summed E-state index contributed by atoms with van der Waals surface area (Å²) in [7, 11) is 0. The van der Waals surface area contributed by atoms with E-state index in [0.29, 0.717) is 10.0 Å². The second kappa shape index (κ2) is 10.4. The number of rotatable bonds is 4. The normalized spacial score (nSPS) is 18.5. The van der Waals surface area contributed by atoms with E-state index in [4.69, 9.17) is 23.2 Å². The highest BCUT2D eigenvalue weighted by Crippen LogP contribution is 2.22. The third-order valence-corrected chi connectivity index (χ3v) is 6.21. The van der Waals surface area contributed by atoms with Gasteiger partial charge in [-0.2, -0.15) is 0 Å². The molecular weight excluding hydrogens is 441 g/mol. The molecule has 0 radical (unpaired) electrons. The van der Waals surface area contributed by atoms with Crippen molar-refractivity contribution in [1.82, 2.24) is 5.32 Å². The van der Waals surface area contributed by atoms with E-state index < -0.39 is 0 Å². The van der Waals surface area contributed by atoms with Crippen LogP contribution in [0.25, 0.3) is 10.8 Å².